The summed E-state index contributed by atoms with van der Waals surface area (Å²) in [4.78, 5) is 25.2. The van der Waals surface area contributed by atoms with Gasteiger partial charge < -0.3 is 19.7 Å². The van der Waals surface area contributed by atoms with Crippen molar-refractivity contribution in [3.05, 3.63) is 39.1 Å². The van der Waals surface area contributed by atoms with Gasteiger partial charge in [-0.15, -0.1) is 0 Å². The first-order valence-corrected chi connectivity index (χ1v) is 8.88. The van der Waals surface area contributed by atoms with Crippen LogP contribution in [0, 0.1) is 10.1 Å². The third kappa shape index (κ3) is 4.02. The smallest absolute Gasteiger partial charge is 0.279 e. The van der Waals surface area contributed by atoms with Gasteiger partial charge in [0.2, 0.25) is 0 Å². The first-order chi connectivity index (χ1) is 12.7. The fourth-order valence-electron chi connectivity index (χ4n) is 2.96. The largest absolute Gasteiger partial charge is 0.493 e. The third-order valence-corrected chi connectivity index (χ3v) is 4.81. The lowest BCUT2D eigenvalue weighted by molar-refractivity contribution is -0.385. The molecule has 146 valence electrons. The molecule has 0 bridgehead atoms. The van der Waals surface area contributed by atoms with Crippen LogP contribution in [0.4, 0.5) is 5.69 Å². The maximum absolute atomic E-state index is 12.3. The number of carbonyl (C=O) groups excluding carboxylic acids is 1. The molecule has 1 atom stereocenters. The molecule has 1 aromatic rings. The van der Waals surface area contributed by atoms with Crippen molar-refractivity contribution in [3.8, 4) is 11.5 Å². The van der Waals surface area contributed by atoms with E-state index in [9.17, 15) is 14.9 Å². The molecular weight excluding hydrogens is 370 g/mol. The minimum absolute atomic E-state index is 0.174. The molecule has 1 aromatic carbocycles. The Balaban J connectivity index is 2.72. The predicted octanol–water partition coefficient (Wildman–Crippen LogP) is 3.12. The Morgan fingerprint density at radius 3 is 2.59 bits per heavy atom. The summed E-state index contributed by atoms with van der Waals surface area (Å²) in [6.07, 6.45) is 0.768. The van der Waals surface area contributed by atoms with Crippen LogP contribution >= 0.6 is 12.2 Å². The molecule has 1 N–H and O–H groups in total. The summed E-state index contributed by atoms with van der Waals surface area (Å²) in [7, 11) is 3.16. The second-order valence-corrected chi connectivity index (χ2v) is 6.55. The number of ketones is 1. The van der Waals surface area contributed by atoms with E-state index in [1.165, 1.54) is 20.1 Å². The number of nitro groups is 1. The number of nitrogens with one attached hydrogen (secondary N) is 1. The van der Waals surface area contributed by atoms with Crippen molar-refractivity contribution in [2.24, 2.45) is 0 Å². The van der Waals surface area contributed by atoms with Gasteiger partial charge in [0.25, 0.3) is 5.69 Å². The highest BCUT2D eigenvalue weighted by molar-refractivity contribution is 7.80. The van der Waals surface area contributed by atoms with E-state index >= 15 is 0 Å². The zero-order valence-corrected chi connectivity index (χ0v) is 16.8. The first kappa shape index (κ1) is 20.6. The van der Waals surface area contributed by atoms with E-state index in [0.717, 1.165) is 6.42 Å². The molecule has 27 heavy (non-hydrogen) atoms. The molecule has 0 aromatic heterocycles. The second kappa shape index (κ2) is 8.34. The fraction of sp³-hybridized carbons (Fsp3) is 0.444. The molecule has 8 nitrogen and oxygen atoms in total. The van der Waals surface area contributed by atoms with Crippen molar-refractivity contribution < 1.29 is 19.2 Å². The van der Waals surface area contributed by atoms with Gasteiger partial charge in [-0.1, -0.05) is 6.92 Å². The Morgan fingerprint density at radius 1 is 1.41 bits per heavy atom. The van der Waals surface area contributed by atoms with Gasteiger partial charge in [-0.2, -0.15) is 0 Å². The van der Waals surface area contributed by atoms with E-state index in [0.29, 0.717) is 34.3 Å². The summed E-state index contributed by atoms with van der Waals surface area (Å²) in [5.74, 6) is 0.451. The highest BCUT2D eigenvalue weighted by Gasteiger charge is 2.35. The number of carbonyl (C=O) groups is 1. The van der Waals surface area contributed by atoms with Crippen LogP contribution in [0.5, 0.6) is 11.5 Å². The van der Waals surface area contributed by atoms with Crippen LogP contribution < -0.4 is 14.8 Å². The molecule has 1 heterocycles. The van der Waals surface area contributed by atoms with Gasteiger partial charge in [0, 0.05) is 18.3 Å². The average molecular weight is 393 g/mol. The van der Waals surface area contributed by atoms with Crippen LogP contribution in [-0.2, 0) is 4.79 Å². The number of nitro benzene ring substituents is 1. The average Bonchev–Trinajstić information content (AvgIpc) is 2.62. The Hall–Kier alpha value is -2.68. The van der Waals surface area contributed by atoms with Gasteiger partial charge in [0.1, 0.15) is 0 Å². The standard InChI is InChI=1S/C18H23N3O5S/c1-6-7-26-15-8-12(13(21(23)24)9-14(15)25-5)17-16(11(3)22)10(2)20(4)18(27)19-17/h8-9,17H,6-7H2,1-5H3,(H,19,27). The fourth-order valence-corrected chi connectivity index (χ4v) is 3.22. The Bertz CT molecular complexity index is 821. The maximum Gasteiger partial charge on any atom is 0.279 e. The molecule has 0 amide bonds. The zero-order chi connectivity index (χ0) is 20.3. The van der Waals surface area contributed by atoms with Gasteiger partial charge >= 0.3 is 0 Å². The molecule has 0 radical (unpaired) electrons. The number of methoxy groups -OCH3 is 1. The molecule has 1 aliphatic rings. The van der Waals surface area contributed by atoms with Gasteiger partial charge in [0.05, 0.1) is 36.3 Å². The number of thiocarbonyl (C=S) groups is 1. The molecular formula is C18H23N3O5S. The maximum atomic E-state index is 12.3. The van der Waals surface area contributed by atoms with Crippen molar-refractivity contribution in [1.82, 2.24) is 10.2 Å². The summed E-state index contributed by atoms with van der Waals surface area (Å²) in [5.41, 5.74) is 1.19. The van der Waals surface area contributed by atoms with Gasteiger partial charge in [-0.25, -0.2) is 0 Å². The van der Waals surface area contributed by atoms with Crippen molar-refractivity contribution >= 4 is 28.8 Å². The normalized spacial score (nSPS) is 16.9. The highest BCUT2D eigenvalue weighted by Crippen LogP contribution is 2.41. The van der Waals surface area contributed by atoms with E-state index in [1.807, 2.05) is 6.92 Å². The summed E-state index contributed by atoms with van der Waals surface area (Å²) in [5, 5.41) is 15.1. The summed E-state index contributed by atoms with van der Waals surface area (Å²) in [6.45, 7) is 5.58. The number of rotatable bonds is 7. The summed E-state index contributed by atoms with van der Waals surface area (Å²) >= 11 is 5.33. The van der Waals surface area contributed by atoms with E-state index in [2.05, 4.69) is 5.32 Å². The van der Waals surface area contributed by atoms with E-state index in [1.54, 1.807) is 24.9 Å². The van der Waals surface area contributed by atoms with Gasteiger partial charge in [-0.3, -0.25) is 14.9 Å². The highest BCUT2D eigenvalue weighted by atomic mass is 32.1. The molecule has 1 unspecified atom stereocenters. The van der Waals surface area contributed by atoms with Crippen LogP contribution in [-0.4, -0.2) is 41.5 Å². The number of nitrogens with zero attached hydrogens (tertiary/aromatic N) is 2. The monoisotopic (exact) mass is 393 g/mol. The number of hydrogen-bond acceptors (Lipinski definition) is 6. The molecule has 0 spiro atoms. The zero-order valence-electron chi connectivity index (χ0n) is 16.0. The number of allylic oxidation sites excluding steroid dienone is 1. The quantitative estimate of drug-likeness (QED) is 0.429. The molecule has 0 aliphatic carbocycles. The number of ether oxygens (including phenoxy) is 2. The second-order valence-electron chi connectivity index (χ2n) is 6.16. The first-order valence-electron chi connectivity index (χ1n) is 8.47. The molecule has 0 saturated carbocycles. The summed E-state index contributed by atoms with van der Waals surface area (Å²) < 4.78 is 10.9. The lowest BCUT2D eigenvalue weighted by Gasteiger charge is -2.35. The van der Waals surface area contributed by atoms with Crippen molar-refractivity contribution in [2.75, 3.05) is 20.8 Å². The van der Waals surface area contributed by atoms with E-state index in [-0.39, 0.29) is 17.2 Å². The Kier molecular flexibility index (Phi) is 6.37. The van der Waals surface area contributed by atoms with Crippen molar-refractivity contribution in [2.45, 2.75) is 33.2 Å². The molecule has 2 rings (SSSR count). The minimum atomic E-state index is -0.749. The van der Waals surface area contributed by atoms with Gasteiger partial charge in [0.15, 0.2) is 22.4 Å². The lowest BCUT2D eigenvalue weighted by atomic mass is 9.91. The minimum Gasteiger partial charge on any atom is -0.493 e. The van der Waals surface area contributed by atoms with Crippen LogP contribution in [0.3, 0.4) is 0 Å². The number of hydrogen-bond donors (Lipinski definition) is 1. The van der Waals surface area contributed by atoms with Crippen LogP contribution in [0.1, 0.15) is 38.8 Å². The predicted molar refractivity (Wildman–Crippen MR) is 105 cm³/mol. The molecule has 0 fully saturated rings. The topological polar surface area (TPSA) is 93.9 Å². The van der Waals surface area contributed by atoms with Crippen LogP contribution in [0.2, 0.25) is 0 Å². The van der Waals surface area contributed by atoms with E-state index in [4.69, 9.17) is 21.7 Å². The number of Topliss-reactive ketones (excluding diaryl/α,β-unsaturated/α-hetero) is 1. The Morgan fingerprint density at radius 2 is 2.07 bits per heavy atom. The van der Waals surface area contributed by atoms with Crippen molar-refractivity contribution in [3.63, 3.8) is 0 Å². The third-order valence-electron chi connectivity index (χ3n) is 4.42. The van der Waals surface area contributed by atoms with E-state index < -0.39 is 11.0 Å². The van der Waals surface area contributed by atoms with Gasteiger partial charge in [-0.05, 0) is 38.6 Å². The molecule has 9 heteroatoms. The molecule has 0 saturated heterocycles. The van der Waals surface area contributed by atoms with Crippen molar-refractivity contribution in [1.29, 1.82) is 0 Å². The van der Waals surface area contributed by atoms with Crippen LogP contribution in [0.25, 0.3) is 0 Å². The molecule has 1 aliphatic heterocycles. The van der Waals surface area contributed by atoms with Crippen LogP contribution in [0.15, 0.2) is 23.4 Å². The number of benzene rings is 1. The SMILES string of the molecule is CCCOc1cc(C2NC(=S)N(C)C(C)=C2C(C)=O)c([N+](=O)[O-])cc1OC. The Labute approximate surface area is 163 Å². The summed E-state index contributed by atoms with van der Waals surface area (Å²) in [6, 6.07) is 2.12. The lowest BCUT2D eigenvalue weighted by Crippen LogP contribution is -2.45.